The number of nitrogens with one attached hydrogen (secondary N) is 2. The second-order valence-corrected chi connectivity index (χ2v) is 7.43. The van der Waals surface area contributed by atoms with Gasteiger partial charge in [0.2, 0.25) is 0 Å². The van der Waals surface area contributed by atoms with Gasteiger partial charge in [0.25, 0.3) is 5.78 Å². The number of halogens is 5. The van der Waals surface area contributed by atoms with Crippen LogP contribution in [0.3, 0.4) is 0 Å². The van der Waals surface area contributed by atoms with E-state index >= 15 is 0 Å². The summed E-state index contributed by atoms with van der Waals surface area (Å²) in [6, 6.07) is 10.7. The molecular weight excluding hydrogens is 420 g/mol. The number of hydrogen-bond donors (Lipinski definition) is 2. The zero-order valence-corrected chi connectivity index (χ0v) is 17.4. The van der Waals surface area contributed by atoms with Crippen LogP contribution in [0.25, 0.3) is 11.1 Å². The van der Waals surface area contributed by atoms with Gasteiger partial charge < -0.3 is 10.6 Å². The molecule has 0 aliphatic heterocycles. The molecule has 2 aromatic rings. The van der Waals surface area contributed by atoms with Gasteiger partial charge >= 0.3 is 6.18 Å². The van der Waals surface area contributed by atoms with Crippen LogP contribution in [0.5, 0.6) is 0 Å². The Bertz CT molecular complexity index is 847. The molecule has 0 radical (unpaired) electrons. The largest absolute Gasteiger partial charge is 0.454 e. The van der Waals surface area contributed by atoms with E-state index in [0.717, 1.165) is 37.8 Å². The number of carbonyl (C=O) groups excluding carboxylic acids is 1. The molecule has 0 heterocycles. The van der Waals surface area contributed by atoms with Crippen molar-refractivity contribution in [2.45, 2.75) is 50.5 Å². The van der Waals surface area contributed by atoms with Crippen molar-refractivity contribution in [3.8, 4) is 11.1 Å². The lowest BCUT2D eigenvalue weighted by Gasteiger charge is -2.29. The van der Waals surface area contributed by atoms with Gasteiger partial charge in [-0.15, -0.1) is 12.4 Å². The molecule has 3 nitrogen and oxygen atoms in total. The lowest BCUT2D eigenvalue weighted by atomic mass is 9.91. The summed E-state index contributed by atoms with van der Waals surface area (Å²) in [6.45, 7) is 0.388. The average Bonchev–Trinajstić information content (AvgIpc) is 2.72. The summed E-state index contributed by atoms with van der Waals surface area (Å²) in [5, 5.41) is 6.69. The first-order chi connectivity index (χ1) is 13.8. The Kier molecular flexibility index (Phi) is 8.41. The normalized spacial score (nSPS) is 19.2. The van der Waals surface area contributed by atoms with E-state index in [9.17, 15) is 22.4 Å². The first-order valence-corrected chi connectivity index (χ1v) is 9.69. The number of benzene rings is 2. The van der Waals surface area contributed by atoms with Gasteiger partial charge in [0.05, 0.1) is 0 Å². The van der Waals surface area contributed by atoms with E-state index in [1.165, 1.54) is 18.2 Å². The van der Waals surface area contributed by atoms with Gasteiger partial charge in [-0.2, -0.15) is 13.2 Å². The van der Waals surface area contributed by atoms with E-state index in [-0.39, 0.29) is 18.2 Å². The van der Waals surface area contributed by atoms with Crippen LogP contribution in [0, 0.1) is 5.82 Å². The summed E-state index contributed by atoms with van der Waals surface area (Å²) >= 11 is 0. The first-order valence-electron chi connectivity index (χ1n) is 9.69. The van der Waals surface area contributed by atoms with Gasteiger partial charge in [0.1, 0.15) is 5.82 Å². The molecule has 1 aliphatic rings. The van der Waals surface area contributed by atoms with Gasteiger partial charge in [-0.3, -0.25) is 4.79 Å². The van der Waals surface area contributed by atoms with Crippen molar-refractivity contribution >= 4 is 18.2 Å². The molecule has 0 spiro atoms. The Labute approximate surface area is 179 Å². The summed E-state index contributed by atoms with van der Waals surface area (Å²) in [7, 11) is 1.96. The molecule has 164 valence electrons. The Morgan fingerprint density at radius 3 is 2.10 bits per heavy atom. The third-order valence-electron chi connectivity index (χ3n) is 5.50. The Hall–Kier alpha value is -1.96. The first kappa shape index (κ1) is 24.3. The van der Waals surface area contributed by atoms with Gasteiger partial charge in [-0.25, -0.2) is 4.39 Å². The van der Waals surface area contributed by atoms with E-state index in [0.29, 0.717) is 35.3 Å². The molecule has 0 aromatic heterocycles. The van der Waals surface area contributed by atoms with E-state index in [1.54, 1.807) is 12.1 Å². The quantitative estimate of drug-likeness (QED) is 0.470. The van der Waals surface area contributed by atoms with Crippen LogP contribution in [0.4, 0.5) is 17.6 Å². The highest BCUT2D eigenvalue weighted by molar-refractivity contribution is 6.00. The highest BCUT2D eigenvalue weighted by Crippen LogP contribution is 2.26. The van der Waals surface area contributed by atoms with Crippen molar-refractivity contribution in [2.24, 2.45) is 0 Å². The van der Waals surface area contributed by atoms with E-state index in [2.05, 4.69) is 10.6 Å². The van der Waals surface area contributed by atoms with E-state index in [1.807, 2.05) is 7.05 Å². The van der Waals surface area contributed by atoms with Gasteiger partial charge in [-0.05, 0) is 56.0 Å². The fourth-order valence-electron chi connectivity index (χ4n) is 3.71. The monoisotopic (exact) mass is 444 g/mol. The SMILES string of the molecule is CNC1CCC(NCc2cc(-c3ccc(C(=O)C(F)(F)F)cc3)ccc2F)CC1.Cl. The molecule has 0 unspecified atom stereocenters. The smallest absolute Gasteiger partial charge is 0.317 e. The molecule has 0 amide bonds. The standard InChI is InChI=1S/C22H24F4N2O.ClH/c1-27-18-7-9-19(10-8-18)28-13-17-12-16(6-11-20(17)23)14-2-4-15(5-3-14)21(29)22(24,25)26;/h2-6,11-12,18-19,27-28H,7-10,13H2,1H3;1H. The minimum absolute atomic E-state index is 0. The second kappa shape index (κ2) is 10.4. The lowest BCUT2D eigenvalue weighted by Crippen LogP contribution is -2.38. The summed E-state index contributed by atoms with van der Waals surface area (Å²) in [6.07, 6.45) is -0.676. The molecule has 0 bridgehead atoms. The van der Waals surface area contributed by atoms with Crippen LogP contribution >= 0.6 is 12.4 Å². The fraction of sp³-hybridized carbons (Fsp3) is 0.409. The molecular formula is C22H25ClF4N2O. The van der Waals surface area contributed by atoms with Crippen LogP contribution in [0.1, 0.15) is 41.6 Å². The van der Waals surface area contributed by atoms with Gasteiger partial charge in [-0.1, -0.05) is 30.3 Å². The number of ketones is 1. The van der Waals surface area contributed by atoms with Crippen molar-refractivity contribution in [3.63, 3.8) is 0 Å². The molecule has 3 rings (SSSR count). The molecule has 1 aliphatic carbocycles. The summed E-state index contributed by atoms with van der Waals surface area (Å²) in [4.78, 5) is 11.3. The van der Waals surface area contributed by atoms with Crippen molar-refractivity contribution < 1.29 is 22.4 Å². The fourth-order valence-corrected chi connectivity index (χ4v) is 3.71. The van der Waals surface area contributed by atoms with Gasteiger partial charge in [0.15, 0.2) is 0 Å². The number of carbonyl (C=O) groups is 1. The minimum atomic E-state index is -4.90. The summed E-state index contributed by atoms with van der Waals surface area (Å²) in [5.41, 5.74) is 1.41. The van der Waals surface area contributed by atoms with Crippen molar-refractivity contribution in [1.29, 1.82) is 0 Å². The number of alkyl halides is 3. The number of Topliss-reactive ketones (excluding diaryl/α,β-unsaturated/α-hetero) is 1. The highest BCUT2D eigenvalue weighted by Gasteiger charge is 2.39. The van der Waals surface area contributed by atoms with Crippen LogP contribution in [0.2, 0.25) is 0 Å². The second-order valence-electron chi connectivity index (χ2n) is 7.43. The maximum atomic E-state index is 14.2. The topological polar surface area (TPSA) is 41.1 Å². The molecule has 30 heavy (non-hydrogen) atoms. The minimum Gasteiger partial charge on any atom is -0.317 e. The Balaban J connectivity index is 0.00000320. The molecule has 1 saturated carbocycles. The van der Waals surface area contributed by atoms with Crippen LogP contribution < -0.4 is 10.6 Å². The van der Waals surface area contributed by atoms with Gasteiger partial charge in [0, 0.05) is 29.8 Å². The highest BCUT2D eigenvalue weighted by atomic mass is 35.5. The van der Waals surface area contributed by atoms with Crippen molar-refractivity contribution in [2.75, 3.05) is 7.05 Å². The Morgan fingerprint density at radius 2 is 1.53 bits per heavy atom. The predicted molar refractivity (Wildman–Crippen MR) is 111 cm³/mol. The van der Waals surface area contributed by atoms with Crippen LogP contribution in [-0.4, -0.2) is 31.1 Å². The van der Waals surface area contributed by atoms with Crippen LogP contribution in [0.15, 0.2) is 42.5 Å². The molecule has 8 heteroatoms. The number of rotatable bonds is 6. The zero-order chi connectivity index (χ0) is 21.0. The Morgan fingerprint density at radius 1 is 0.967 bits per heavy atom. The van der Waals surface area contributed by atoms with E-state index in [4.69, 9.17) is 0 Å². The van der Waals surface area contributed by atoms with E-state index < -0.39 is 17.5 Å². The third-order valence-corrected chi connectivity index (χ3v) is 5.50. The van der Waals surface area contributed by atoms with Crippen molar-refractivity contribution in [1.82, 2.24) is 10.6 Å². The molecule has 1 fully saturated rings. The zero-order valence-electron chi connectivity index (χ0n) is 16.6. The van der Waals surface area contributed by atoms with Crippen LogP contribution in [-0.2, 0) is 6.54 Å². The maximum absolute atomic E-state index is 14.2. The average molecular weight is 445 g/mol. The maximum Gasteiger partial charge on any atom is 0.454 e. The molecule has 0 atom stereocenters. The molecule has 2 aromatic carbocycles. The summed E-state index contributed by atoms with van der Waals surface area (Å²) < 4.78 is 51.8. The molecule has 0 saturated heterocycles. The lowest BCUT2D eigenvalue weighted by molar-refractivity contribution is -0.0885. The molecule has 2 N–H and O–H groups in total. The summed E-state index contributed by atoms with van der Waals surface area (Å²) in [5.74, 6) is -2.20. The number of hydrogen-bond acceptors (Lipinski definition) is 3. The predicted octanol–water partition coefficient (Wildman–Crippen LogP) is 5.28. The van der Waals surface area contributed by atoms with Crippen molar-refractivity contribution in [3.05, 3.63) is 59.4 Å². The third kappa shape index (κ3) is 6.03.